The zero-order valence-electron chi connectivity index (χ0n) is 42.4. The van der Waals surface area contributed by atoms with Crippen molar-refractivity contribution in [1.29, 1.82) is 0 Å². The number of fused-ring (bicyclic) bond motifs is 2. The van der Waals surface area contributed by atoms with Crippen LogP contribution in [0.4, 0.5) is 17.2 Å². The molecule has 1 spiro atoms. The van der Waals surface area contributed by atoms with Crippen molar-refractivity contribution in [1.82, 2.24) is 40.6 Å². The van der Waals surface area contributed by atoms with E-state index in [0.29, 0.717) is 46.8 Å². The first kappa shape index (κ1) is 49.1. The summed E-state index contributed by atoms with van der Waals surface area (Å²) in [4.78, 5) is 60.8. The number of aliphatic hydroxyl groups is 1. The number of amides is 3. The number of hydrogen-bond donors (Lipinski definition) is 5. The van der Waals surface area contributed by atoms with Crippen LogP contribution in [0.25, 0.3) is 21.7 Å². The van der Waals surface area contributed by atoms with Gasteiger partial charge in [-0.2, -0.15) is 0 Å². The molecule has 2 unspecified atom stereocenters. The summed E-state index contributed by atoms with van der Waals surface area (Å²) in [5.74, 6) is 0.190. The zero-order chi connectivity index (χ0) is 50.8. The molecule has 3 amide bonds. The highest BCUT2D eigenvalue weighted by Crippen LogP contribution is 2.60. The molecule has 7 heterocycles. The summed E-state index contributed by atoms with van der Waals surface area (Å²) in [5, 5.41) is 35.8. The lowest BCUT2D eigenvalue weighted by Crippen LogP contribution is -2.62. The third kappa shape index (κ3) is 9.75. The predicted octanol–water partition coefficient (Wildman–Crippen LogP) is 6.66. The Hall–Kier alpha value is -6.17. The summed E-state index contributed by atoms with van der Waals surface area (Å²) in [6, 6.07) is 22.0. The van der Waals surface area contributed by atoms with Crippen molar-refractivity contribution in [3.8, 4) is 27.4 Å². The number of aromatic nitrogens is 4. The first-order valence-electron chi connectivity index (χ1n) is 26.3. The lowest BCUT2D eigenvalue weighted by molar-refractivity contribution is -0.150. The molecular weight excluding hydrogens is 939 g/mol. The molecule has 11 rings (SSSR count). The van der Waals surface area contributed by atoms with Gasteiger partial charge in [0.25, 0.3) is 0 Å². The molecule has 17 heteroatoms. The highest BCUT2D eigenvalue weighted by atomic mass is 32.1. The van der Waals surface area contributed by atoms with Gasteiger partial charge >= 0.3 is 0 Å². The second-order valence-electron chi connectivity index (χ2n) is 23.0. The van der Waals surface area contributed by atoms with Crippen LogP contribution in [0.5, 0.6) is 5.75 Å². The van der Waals surface area contributed by atoms with Crippen molar-refractivity contribution in [2.75, 3.05) is 48.3 Å². The molecule has 2 saturated carbocycles. The number of aryl methyl sites for hydroxylation is 1. The number of aromatic hydroxyl groups is 1. The summed E-state index contributed by atoms with van der Waals surface area (Å²) in [6.45, 7) is 11.8. The fourth-order valence-corrected chi connectivity index (χ4v) is 13.9. The average molecular weight is 1010 g/mol. The Kier molecular flexibility index (Phi) is 13.2. The summed E-state index contributed by atoms with van der Waals surface area (Å²) in [6.07, 6.45) is 9.50. The van der Waals surface area contributed by atoms with Crippen LogP contribution in [-0.2, 0) is 20.9 Å². The van der Waals surface area contributed by atoms with Crippen molar-refractivity contribution in [3.63, 3.8) is 0 Å². The SMILES string of the molecule is Cc1ncsc1-c1ccc(CNC(=O)[C@@H]2C[C@@H](O)CN2C(=O)[C@@H](NC(=O)C2CC3(C2)CC(N2CCC(c4ccc(N5C6CCC5CN(c5cc(-c7ccccc7O)nnc5N)C6)cc4)CC2)C3)C(C)(C)C)nc1. The standard InChI is InChI=1S/C56H69N11O5S/c1-33-49(73-32-60-33)36-9-12-38(58-27-36)28-59-53(71)47-21-43(68)31-66(47)54(72)50(55(2,3)4)61-52(70)37-23-56(24-37)25-42(26-56)64-19-17-35(18-20-64)34-10-13-39(14-11-34)67-40-15-16-41(67)30-65(29-40)46-22-45(62-63-51(46)57)44-7-5-6-8-48(44)69/h5-14,22,27,32,35,37,40-43,47,50,68-69H,15-21,23-26,28-31H2,1-4H3,(H2,57,63)(H,59,71)(H,61,70)/t37?,40?,41?,42?,43-,47+,50-,56?/m1/s1. The highest BCUT2D eigenvalue weighted by Gasteiger charge is 2.57. The van der Waals surface area contributed by atoms with Gasteiger partial charge in [0.1, 0.15) is 17.8 Å². The van der Waals surface area contributed by atoms with Gasteiger partial charge in [0.05, 0.1) is 45.8 Å². The molecule has 73 heavy (non-hydrogen) atoms. The Morgan fingerprint density at radius 1 is 0.877 bits per heavy atom. The second-order valence-corrected chi connectivity index (χ2v) is 23.9. The Morgan fingerprint density at radius 3 is 2.26 bits per heavy atom. The van der Waals surface area contributed by atoms with E-state index in [1.807, 2.05) is 58.0 Å². The summed E-state index contributed by atoms with van der Waals surface area (Å²) >= 11 is 1.55. The molecule has 5 aromatic rings. The topological polar surface area (TPSA) is 206 Å². The van der Waals surface area contributed by atoms with Crippen LogP contribution in [0.1, 0.15) is 101 Å². The van der Waals surface area contributed by atoms with Crippen molar-refractivity contribution >= 4 is 46.3 Å². The van der Waals surface area contributed by atoms with E-state index < -0.39 is 23.6 Å². The number of phenolic OH excluding ortho intramolecular Hbond substituents is 1. The number of para-hydroxylation sites is 1. The van der Waals surface area contributed by atoms with E-state index in [1.54, 1.807) is 35.2 Å². The maximum absolute atomic E-state index is 14.3. The summed E-state index contributed by atoms with van der Waals surface area (Å²) < 4.78 is 0. The van der Waals surface area contributed by atoms with E-state index in [4.69, 9.17) is 5.73 Å². The molecule has 2 aromatic carbocycles. The highest BCUT2D eigenvalue weighted by molar-refractivity contribution is 7.13. The quantitative estimate of drug-likeness (QED) is 0.0888. The molecule has 6 fully saturated rings. The number of piperidine rings is 1. The maximum atomic E-state index is 14.3. The van der Waals surface area contributed by atoms with Crippen LogP contribution in [0.2, 0.25) is 0 Å². The van der Waals surface area contributed by atoms with E-state index in [-0.39, 0.29) is 54.3 Å². The number of nitrogen functional groups attached to an aromatic ring is 1. The van der Waals surface area contributed by atoms with Gasteiger partial charge in [0.15, 0.2) is 5.82 Å². The first-order valence-corrected chi connectivity index (χ1v) is 27.2. The number of rotatable bonds is 12. The number of likely N-dealkylation sites (tertiary alicyclic amines) is 2. The molecule has 3 aromatic heterocycles. The Bertz CT molecular complexity index is 2820. The number of carbonyl (C=O) groups is 3. The molecule has 5 atom stereocenters. The molecule has 2 aliphatic carbocycles. The van der Waals surface area contributed by atoms with Gasteiger partial charge < -0.3 is 46.2 Å². The van der Waals surface area contributed by atoms with Crippen molar-refractivity contribution in [3.05, 3.63) is 95.4 Å². The molecule has 16 nitrogen and oxygen atoms in total. The molecule has 6 aliphatic rings. The van der Waals surface area contributed by atoms with Gasteiger partial charge in [-0.3, -0.25) is 19.4 Å². The number of aliphatic hydroxyl groups excluding tert-OH is 1. The molecule has 4 saturated heterocycles. The first-order chi connectivity index (χ1) is 35.1. The maximum Gasteiger partial charge on any atom is 0.246 e. The van der Waals surface area contributed by atoms with E-state index in [2.05, 4.69) is 69.8 Å². The van der Waals surface area contributed by atoms with Crippen LogP contribution >= 0.6 is 11.3 Å². The molecule has 6 N–H and O–H groups in total. The number of thiazole rings is 1. The lowest BCUT2D eigenvalue weighted by atomic mass is 9.49. The number of piperazine rings is 1. The van der Waals surface area contributed by atoms with E-state index in [9.17, 15) is 24.6 Å². The second kappa shape index (κ2) is 19.6. The Labute approximate surface area is 431 Å². The van der Waals surface area contributed by atoms with Crippen LogP contribution in [0.15, 0.2) is 78.4 Å². The van der Waals surface area contributed by atoms with Crippen LogP contribution in [0.3, 0.4) is 0 Å². The van der Waals surface area contributed by atoms with Crippen LogP contribution in [-0.4, -0.2) is 127 Å². The molecule has 0 radical (unpaired) electrons. The lowest BCUT2D eigenvalue weighted by Gasteiger charge is -2.60. The number of β-amino-alcohol motifs (C(OH)–C–C–N with tert-alkyl or cyclic N) is 1. The van der Waals surface area contributed by atoms with E-state index in [0.717, 1.165) is 99.4 Å². The van der Waals surface area contributed by atoms with Crippen molar-refractivity contribution in [2.24, 2.45) is 16.7 Å². The van der Waals surface area contributed by atoms with Crippen molar-refractivity contribution in [2.45, 2.75) is 134 Å². The van der Waals surface area contributed by atoms with E-state index >= 15 is 0 Å². The Balaban J connectivity index is 0.631. The minimum Gasteiger partial charge on any atom is -0.507 e. The molecule has 2 bridgehead atoms. The molecule has 384 valence electrons. The normalized spacial score (nSPS) is 26.6. The van der Waals surface area contributed by atoms with Gasteiger partial charge in [-0.15, -0.1) is 21.5 Å². The average Bonchev–Trinajstić information content (AvgIpc) is 4.05. The fourth-order valence-electron chi connectivity index (χ4n) is 13.1. The largest absolute Gasteiger partial charge is 0.507 e. The van der Waals surface area contributed by atoms with Gasteiger partial charge in [0, 0.05) is 73.1 Å². The minimum atomic E-state index is -0.853. The van der Waals surface area contributed by atoms with Gasteiger partial charge in [-0.05, 0) is 130 Å². The number of nitrogens with zero attached hydrogens (tertiary/aromatic N) is 8. The smallest absolute Gasteiger partial charge is 0.246 e. The number of nitrogens with two attached hydrogens (primary N) is 1. The third-order valence-corrected chi connectivity index (χ3v) is 18.1. The number of hydrogen-bond acceptors (Lipinski definition) is 14. The van der Waals surface area contributed by atoms with Crippen molar-refractivity contribution < 1.29 is 24.6 Å². The third-order valence-electron chi connectivity index (χ3n) is 17.1. The number of anilines is 3. The van der Waals surface area contributed by atoms with Crippen LogP contribution < -0.4 is 26.2 Å². The summed E-state index contributed by atoms with van der Waals surface area (Å²) in [7, 11) is 0. The predicted molar refractivity (Wildman–Crippen MR) is 283 cm³/mol. The number of phenols is 1. The van der Waals surface area contributed by atoms with Gasteiger partial charge in [-0.1, -0.05) is 51.1 Å². The number of carbonyl (C=O) groups excluding carboxylic acids is 3. The monoisotopic (exact) mass is 1010 g/mol. The zero-order valence-corrected chi connectivity index (χ0v) is 43.2. The fraction of sp³-hybridized carbons (Fsp3) is 0.518. The van der Waals surface area contributed by atoms with E-state index in [1.165, 1.54) is 16.2 Å². The number of nitrogens with one attached hydrogen (secondary N) is 2. The van der Waals surface area contributed by atoms with Crippen LogP contribution in [0, 0.1) is 23.7 Å². The minimum absolute atomic E-state index is 0.0344. The summed E-state index contributed by atoms with van der Waals surface area (Å²) in [5.41, 5.74) is 15.2. The van der Waals surface area contributed by atoms with Gasteiger partial charge in [-0.25, -0.2) is 4.98 Å². The molecule has 4 aliphatic heterocycles. The molecular formula is C56H69N11O5S. The Morgan fingerprint density at radius 2 is 1.60 bits per heavy atom. The number of pyridine rings is 1. The number of benzene rings is 2. The van der Waals surface area contributed by atoms with Gasteiger partial charge in [0.2, 0.25) is 17.7 Å².